The number of hydrogen-bond donors (Lipinski definition) is 2. The van der Waals surface area contributed by atoms with E-state index < -0.39 is 5.97 Å². The number of carboxylic acids is 1. The minimum atomic E-state index is -1.07. The number of nitrogens with one attached hydrogen (secondary N) is 1. The normalized spacial score (nSPS) is 11.7. The predicted molar refractivity (Wildman–Crippen MR) is 80.9 cm³/mol. The van der Waals surface area contributed by atoms with Gasteiger partial charge in [-0.3, -0.25) is 4.90 Å². The molecule has 0 saturated carbocycles. The number of carbonyl (C=O) groups is 2. The molecule has 110 valence electrons. The molecule has 6 nitrogen and oxygen atoms in total. The summed E-state index contributed by atoms with van der Waals surface area (Å²) in [5.41, 5.74) is 0.422. The van der Waals surface area contributed by atoms with Crippen molar-refractivity contribution >= 4 is 29.0 Å². The Kier molecular flexibility index (Phi) is 4.54. The van der Waals surface area contributed by atoms with Gasteiger partial charge in [-0.25, -0.2) is 14.6 Å². The number of urea groups is 1. The smallest absolute Gasteiger partial charge is 0.337 e. The Hall–Kier alpha value is -2.41. The quantitative estimate of drug-likeness (QED) is 0.910. The van der Waals surface area contributed by atoms with Crippen LogP contribution in [0.5, 0.6) is 0 Å². The van der Waals surface area contributed by atoms with Crippen LogP contribution in [0.1, 0.15) is 28.3 Å². The van der Waals surface area contributed by atoms with Crippen LogP contribution >= 0.6 is 11.3 Å². The van der Waals surface area contributed by atoms with Gasteiger partial charge >= 0.3 is 12.0 Å². The van der Waals surface area contributed by atoms with E-state index in [9.17, 15) is 9.59 Å². The summed E-state index contributed by atoms with van der Waals surface area (Å²) >= 11 is 1.45. The number of rotatable bonds is 4. The van der Waals surface area contributed by atoms with Crippen LogP contribution in [-0.2, 0) is 0 Å². The molecule has 0 aliphatic heterocycles. The summed E-state index contributed by atoms with van der Waals surface area (Å²) in [6, 6.07) is 5.75. The zero-order valence-corrected chi connectivity index (χ0v) is 12.4. The molecule has 1 aromatic heterocycles. The predicted octanol–water partition coefficient (Wildman–Crippen LogP) is 2.75. The molecule has 1 aromatic carbocycles. The van der Waals surface area contributed by atoms with Crippen LogP contribution in [0, 0.1) is 0 Å². The summed E-state index contributed by atoms with van der Waals surface area (Å²) < 4.78 is 0. The van der Waals surface area contributed by atoms with Gasteiger partial charge in [0.1, 0.15) is 5.01 Å². The molecule has 0 aliphatic carbocycles. The van der Waals surface area contributed by atoms with Gasteiger partial charge in [0.15, 0.2) is 0 Å². The number of para-hydroxylation sites is 1. The summed E-state index contributed by atoms with van der Waals surface area (Å²) in [7, 11) is 1.53. The second-order valence-corrected chi connectivity index (χ2v) is 5.35. The van der Waals surface area contributed by atoms with Gasteiger partial charge in [0.2, 0.25) is 0 Å². The number of benzene rings is 1. The van der Waals surface area contributed by atoms with Crippen LogP contribution < -0.4 is 10.2 Å². The molecular weight excluding hydrogens is 290 g/mol. The van der Waals surface area contributed by atoms with E-state index >= 15 is 0 Å². The second kappa shape index (κ2) is 6.36. The standard InChI is InChI=1S/C14H15N3O3S/c1-9(12-15-7-8-21-12)16-14(20)17(2)11-6-4-3-5-10(11)13(18)19/h3-9H,1-2H3,(H,16,20)(H,18,19). The Morgan fingerprint density at radius 1 is 1.38 bits per heavy atom. The van der Waals surface area contributed by atoms with Crippen molar-refractivity contribution in [3.8, 4) is 0 Å². The number of carbonyl (C=O) groups excluding carboxylic acids is 1. The van der Waals surface area contributed by atoms with E-state index in [0.29, 0.717) is 5.69 Å². The average molecular weight is 305 g/mol. The van der Waals surface area contributed by atoms with E-state index in [0.717, 1.165) is 5.01 Å². The SMILES string of the molecule is CC(NC(=O)N(C)c1ccccc1C(=O)O)c1nccs1. The zero-order chi connectivity index (χ0) is 15.4. The van der Waals surface area contributed by atoms with E-state index in [1.165, 1.54) is 29.4 Å². The number of amides is 2. The van der Waals surface area contributed by atoms with Crippen LogP contribution in [0.2, 0.25) is 0 Å². The highest BCUT2D eigenvalue weighted by Gasteiger charge is 2.20. The minimum absolute atomic E-state index is 0.0806. The number of thiazole rings is 1. The van der Waals surface area contributed by atoms with Gasteiger partial charge < -0.3 is 10.4 Å². The molecule has 7 heteroatoms. The maximum Gasteiger partial charge on any atom is 0.337 e. The van der Waals surface area contributed by atoms with Crippen molar-refractivity contribution < 1.29 is 14.7 Å². The second-order valence-electron chi connectivity index (χ2n) is 4.42. The van der Waals surface area contributed by atoms with Gasteiger partial charge in [-0.15, -0.1) is 11.3 Å². The lowest BCUT2D eigenvalue weighted by atomic mass is 10.1. The Morgan fingerprint density at radius 2 is 2.10 bits per heavy atom. The molecule has 0 spiro atoms. The van der Waals surface area contributed by atoms with E-state index in [1.807, 2.05) is 12.3 Å². The molecular formula is C14H15N3O3S. The molecule has 2 rings (SSSR count). The van der Waals surface area contributed by atoms with Crippen LogP contribution in [-0.4, -0.2) is 29.1 Å². The highest BCUT2D eigenvalue weighted by Crippen LogP contribution is 2.20. The maximum absolute atomic E-state index is 12.2. The molecule has 1 unspecified atom stereocenters. The van der Waals surface area contributed by atoms with Crippen LogP contribution in [0.3, 0.4) is 0 Å². The van der Waals surface area contributed by atoms with Crippen molar-refractivity contribution in [3.05, 3.63) is 46.4 Å². The molecule has 0 aliphatic rings. The third-order valence-corrected chi connectivity index (χ3v) is 3.92. The average Bonchev–Trinajstić information content (AvgIpc) is 3.00. The number of nitrogens with zero attached hydrogens (tertiary/aromatic N) is 2. The van der Waals surface area contributed by atoms with Crippen LogP contribution in [0.25, 0.3) is 0 Å². The molecule has 1 atom stereocenters. The van der Waals surface area contributed by atoms with E-state index in [4.69, 9.17) is 5.11 Å². The van der Waals surface area contributed by atoms with Crippen molar-refractivity contribution in [2.45, 2.75) is 13.0 Å². The van der Waals surface area contributed by atoms with Crippen molar-refractivity contribution in [3.63, 3.8) is 0 Å². The molecule has 0 radical (unpaired) electrons. The fourth-order valence-corrected chi connectivity index (χ4v) is 2.49. The molecule has 21 heavy (non-hydrogen) atoms. The van der Waals surface area contributed by atoms with Crippen molar-refractivity contribution in [1.82, 2.24) is 10.3 Å². The number of anilines is 1. The van der Waals surface area contributed by atoms with Crippen LogP contribution in [0.15, 0.2) is 35.8 Å². The maximum atomic E-state index is 12.2. The monoisotopic (exact) mass is 305 g/mol. The van der Waals surface area contributed by atoms with Gasteiger partial charge in [0.25, 0.3) is 0 Å². The summed E-state index contributed by atoms with van der Waals surface area (Å²) in [4.78, 5) is 28.8. The molecule has 2 N–H and O–H groups in total. The fraction of sp³-hybridized carbons (Fsp3) is 0.214. The molecule has 2 aromatic rings. The van der Waals surface area contributed by atoms with Crippen molar-refractivity contribution in [2.75, 3.05) is 11.9 Å². The number of carboxylic acid groups (broad SMARTS) is 1. The van der Waals surface area contributed by atoms with Gasteiger partial charge in [-0.2, -0.15) is 0 Å². The molecule has 0 saturated heterocycles. The van der Waals surface area contributed by atoms with Crippen LogP contribution in [0.4, 0.5) is 10.5 Å². The van der Waals surface area contributed by atoms with Gasteiger partial charge in [0, 0.05) is 18.6 Å². The lowest BCUT2D eigenvalue weighted by Gasteiger charge is -2.21. The third-order valence-electron chi connectivity index (χ3n) is 2.96. The molecule has 0 bridgehead atoms. The number of aromatic nitrogens is 1. The first-order valence-electron chi connectivity index (χ1n) is 6.26. The number of aromatic carboxylic acids is 1. The Balaban J connectivity index is 2.14. The zero-order valence-electron chi connectivity index (χ0n) is 11.6. The Morgan fingerprint density at radius 3 is 2.71 bits per heavy atom. The minimum Gasteiger partial charge on any atom is -0.478 e. The highest BCUT2D eigenvalue weighted by atomic mass is 32.1. The molecule has 1 heterocycles. The summed E-state index contributed by atoms with van der Waals surface area (Å²) in [6.07, 6.45) is 1.67. The molecule has 0 fully saturated rings. The third kappa shape index (κ3) is 3.38. The number of hydrogen-bond acceptors (Lipinski definition) is 4. The lowest BCUT2D eigenvalue weighted by Crippen LogP contribution is -2.39. The first-order valence-corrected chi connectivity index (χ1v) is 7.14. The topological polar surface area (TPSA) is 82.5 Å². The van der Waals surface area contributed by atoms with Crippen molar-refractivity contribution in [2.24, 2.45) is 0 Å². The van der Waals surface area contributed by atoms with Gasteiger partial charge in [-0.05, 0) is 19.1 Å². The van der Waals surface area contributed by atoms with E-state index in [1.54, 1.807) is 24.4 Å². The van der Waals surface area contributed by atoms with Gasteiger partial charge in [0.05, 0.1) is 17.3 Å². The van der Waals surface area contributed by atoms with Gasteiger partial charge in [-0.1, -0.05) is 12.1 Å². The van der Waals surface area contributed by atoms with E-state index in [-0.39, 0.29) is 17.6 Å². The summed E-state index contributed by atoms with van der Waals surface area (Å²) in [5.74, 6) is -1.07. The largest absolute Gasteiger partial charge is 0.478 e. The Labute approximate surface area is 126 Å². The first kappa shape index (κ1) is 15.0. The highest BCUT2D eigenvalue weighted by molar-refractivity contribution is 7.09. The summed E-state index contributed by atoms with van der Waals surface area (Å²) in [6.45, 7) is 1.83. The lowest BCUT2D eigenvalue weighted by molar-refractivity contribution is 0.0697. The Bertz CT molecular complexity index is 643. The van der Waals surface area contributed by atoms with E-state index in [2.05, 4.69) is 10.3 Å². The first-order chi connectivity index (χ1) is 10.0. The molecule has 2 amide bonds. The van der Waals surface area contributed by atoms with Crippen molar-refractivity contribution in [1.29, 1.82) is 0 Å². The fourth-order valence-electron chi connectivity index (χ4n) is 1.85. The summed E-state index contributed by atoms with van der Waals surface area (Å²) in [5, 5.41) is 14.6.